The summed E-state index contributed by atoms with van der Waals surface area (Å²) in [6.07, 6.45) is -4.34. The van der Waals surface area contributed by atoms with Gasteiger partial charge in [0.05, 0.1) is 0 Å². The van der Waals surface area contributed by atoms with Gasteiger partial charge in [0, 0.05) is 23.5 Å². The molecule has 1 heterocycles. The number of carboxylic acids is 1. The molecule has 4 N–H and O–H groups in total. The van der Waals surface area contributed by atoms with Crippen molar-refractivity contribution >= 4 is 29.2 Å². The average Bonchev–Trinajstić information content (AvgIpc) is 2.46. The molecule has 0 amide bonds. The molecule has 0 aliphatic heterocycles. The molecule has 1 aromatic heterocycles. The van der Waals surface area contributed by atoms with Crippen LogP contribution in [0.1, 0.15) is 21.6 Å². The van der Waals surface area contributed by atoms with Gasteiger partial charge in [-0.1, -0.05) is 17.7 Å². The molecule has 0 saturated carbocycles. The summed E-state index contributed by atoms with van der Waals surface area (Å²) in [5.41, 5.74) is 3.87. The zero-order chi connectivity index (χ0) is 17.2. The summed E-state index contributed by atoms with van der Waals surface area (Å²) in [7, 11) is 0. The Balaban J connectivity index is 2.46. The van der Waals surface area contributed by atoms with Gasteiger partial charge in [0.1, 0.15) is 5.56 Å². The van der Waals surface area contributed by atoms with E-state index in [2.05, 4.69) is 15.3 Å². The van der Waals surface area contributed by atoms with Crippen molar-refractivity contribution < 1.29 is 23.1 Å². The molecule has 1 aromatic carbocycles. The van der Waals surface area contributed by atoms with Gasteiger partial charge in [-0.25, -0.2) is 14.8 Å². The highest BCUT2D eigenvalue weighted by atomic mass is 35.5. The molecule has 0 spiro atoms. The van der Waals surface area contributed by atoms with E-state index in [1.165, 1.54) is 6.07 Å². The maximum atomic E-state index is 12.9. The minimum atomic E-state index is -4.93. The van der Waals surface area contributed by atoms with Crippen molar-refractivity contribution in [1.82, 2.24) is 9.97 Å². The Hall–Kier alpha value is -2.39. The summed E-state index contributed by atoms with van der Waals surface area (Å²) in [6, 6.07) is 4.62. The highest BCUT2D eigenvalue weighted by molar-refractivity contribution is 6.30. The van der Waals surface area contributed by atoms with Crippen LogP contribution >= 0.6 is 11.6 Å². The van der Waals surface area contributed by atoms with Crippen LogP contribution in [0.2, 0.25) is 5.02 Å². The summed E-state index contributed by atoms with van der Waals surface area (Å²) in [4.78, 5) is 17.7. The van der Waals surface area contributed by atoms with E-state index in [1.807, 2.05) is 0 Å². The number of carbonyl (C=O) groups is 1. The third-order valence-corrected chi connectivity index (χ3v) is 3.06. The number of carboxylic acid groups (broad SMARTS) is 1. The maximum Gasteiger partial charge on any atom is 0.434 e. The minimum Gasteiger partial charge on any atom is -0.478 e. The first-order valence-electron chi connectivity index (χ1n) is 6.15. The molecule has 122 valence electrons. The van der Waals surface area contributed by atoms with Gasteiger partial charge in [0.25, 0.3) is 0 Å². The van der Waals surface area contributed by atoms with Gasteiger partial charge >= 0.3 is 12.1 Å². The second-order valence-corrected chi connectivity index (χ2v) is 4.83. The van der Waals surface area contributed by atoms with E-state index in [9.17, 15) is 18.0 Å². The Morgan fingerprint density at radius 1 is 1.39 bits per heavy atom. The maximum absolute atomic E-state index is 12.9. The van der Waals surface area contributed by atoms with Crippen molar-refractivity contribution in [3.05, 3.63) is 46.2 Å². The Labute approximate surface area is 133 Å². The van der Waals surface area contributed by atoms with Crippen molar-refractivity contribution in [2.24, 2.45) is 5.73 Å². The quantitative estimate of drug-likeness (QED) is 0.786. The van der Waals surface area contributed by atoms with Gasteiger partial charge < -0.3 is 16.2 Å². The molecule has 0 saturated heterocycles. The SMILES string of the molecule is NCc1ccc(Cl)cc1Nc1ncc(C(=O)O)c(C(F)(F)F)n1. The minimum absolute atomic E-state index is 0.110. The lowest BCUT2D eigenvalue weighted by molar-refractivity contribution is -0.141. The van der Waals surface area contributed by atoms with E-state index in [4.69, 9.17) is 22.4 Å². The predicted molar refractivity (Wildman–Crippen MR) is 76.6 cm³/mol. The number of nitrogens with zero attached hydrogens (tertiary/aromatic N) is 2. The monoisotopic (exact) mass is 346 g/mol. The van der Waals surface area contributed by atoms with Gasteiger partial charge in [0.2, 0.25) is 5.95 Å². The van der Waals surface area contributed by atoms with E-state index in [0.717, 1.165) is 0 Å². The fourth-order valence-electron chi connectivity index (χ4n) is 1.78. The van der Waals surface area contributed by atoms with E-state index in [0.29, 0.717) is 22.5 Å². The number of aromatic nitrogens is 2. The molecule has 0 radical (unpaired) electrons. The number of hydrogen-bond donors (Lipinski definition) is 3. The van der Waals surface area contributed by atoms with Crippen LogP contribution < -0.4 is 11.1 Å². The Morgan fingerprint density at radius 3 is 2.65 bits per heavy atom. The highest BCUT2D eigenvalue weighted by Gasteiger charge is 2.38. The molecule has 0 unspecified atom stereocenters. The van der Waals surface area contributed by atoms with Crippen LogP contribution in [0.4, 0.5) is 24.8 Å². The van der Waals surface area contributed by atoms with Crippen molar-refractivity contribution in [1.29, 1.82) is 0 Å². The molecule has 0 aliphatic rings. The summed E-state index contributed by atoms with van der Waals surface area (Å²) in [6.45, 7) is 0.110. The molecule has 23 heavy (non-hydrogen) atoms. The van der Waals surface area contributed by atoms with E-state index in [-0.39, 0.29) is 6.54 Å². The summed E-state index contributed by atoms with van der Waals surface area (Å²) in [5.74, 6) is -2.19. The number of nitrogens with one attached hydrogen (secondary N) is 1. The van der Waals surface area contributed by atoms with Crippen LogP contribution in [0.15, 0.2) is 24.4 Å². The standard InChI is InChI=1S/C13H10ClF3N4O2/c14-7-2-1-6(4-18)9(3-7)20-12-19-5-8(11(22)23)10(21-12)13(15,16)17/h1-3,5H,4,18H2,(H,22,23)(H,19,20,21). The number of alkyl halides is 3. The first-order chi connectivity index (χ1) is 10.7. The predicted octanol–water partition coefficient (Wildman–Crippen LogP) is 3.05. The van der Waals surface area contributed by atoms with Gasteiger partial charge in [-0.3, -0.25) is 0 Å². The smallest absolute Gasteiger partial charge is 0.434 e. The van der Waals surface area contributed by atoms with E-state index in [1.54, 1.807) is 12.1 Å². The number of rotatable bonds is 4. The van der Waals surface area contributed by atoms with Crippen LogP contribution in [0.5, 0.6) is 0 Å². The highest BCUT2D eigenvalue weighted by Crippen LogP contribution is 2.31. The van der Waals surface area contributed by atoms with Gasteiger partial charge in [-0.05, 0) is 17.7 Å². The first kappa shape index (κ1) is 17.0. The first-order valence-corrected chi connectivity index (χ1v) is 6.53. The third kappa shape index (κ3) is 3.88. The van der Waals surface area contributed by atoms with Gasteiger partial charge in [-0.15, -0.1) is 0 Å². The van der Waals surface area contributed by atoms with E-state index < -0.39 is 29.4 Å². The zero-order valence-electron chi connectivity index (χ0n) is 11.4. The van der Waals surface area contributed by atoms with Crippen LogP contribution in [-0.4, -0.2) is 21.0 Å². The molecule has 0 aliphatic carbocycles. The molecular weight excluding hydrogens is 337 g/mol. The lowest BCUT2D eigenvalue weighted by atomic mass is 10.2. The molecule has 2 rings (SSSR count). The molecule has 6 nitrogen and oxygen atoms in total. The van der Waals surface area contributed by atoms with Crippen molar-refractivity contribution in [2.45, 2.75) is 12.7 Å². The largest absolute Gasteiger partial charge is 0.478 e. The number of aromatic carboxylic acids is 1. The van der Waals surface area contributed by atoms with Gasteiger partial charge in [-0.2, -0.15) is 13.2 Å². The van der Waals surface area contributed by atoms with Crippen molar-refractivity contribution in [3.63, 3.8) is 0 Å². The Bertz CT molecular complexity index is 752. The summed E-state index contributed by atoms with van der Waals surface area (Å²) in [5, 5.41) is 11.7. The number of anilines is 2. The van der Waals surface area contributed by atoms with Crippen molar-refractivity contribution in [3.8, 4) is 0 Å². The average molecular weight is 347 g/mol. The van der Waals surface area contributed by atoms with Crippen molar-refractivity contribution in [2.75, 3.05) is 5.32 Å². The molecule has 0 fully saturated rings. The van der Waals surface area contributed by atoms with Crippen LogP contribution in [0, 0.1) is 0 Å². The third-order valence-electron chi connectivity index (χ3n) is 2.83. The lowest BCUT2D eigenvalue weighted by Crippen LogP contribution is -2.17. The topological polar surface area (TPSA) is 101 Å². The molecule has 0 atom stereocenters. The van der Waals surface area contributed by atoms with Crippen LogP contribution in [-0.2, 0) is 12.7 Å². The zero-order valence-corrected chi connectivity index (χ0v) is 12.1. The molecule has 10 heteroatoms. The second kappa shape index (κ2) is 6.39. The summed E-state index contributed by atoms with van der Waals surface area (Å²) >= 11 is 5.83. The number of benzene rings is 1. The fourth-order valence-corrected chi connectivity index (χ4v) is 1.95. The molecule has 0 bridgehead atoms. The molecular formula is C13H10ClF3N4O2. The number of halogens is 4. The van der Waals surface area contributed by atoms with Gasteiger partial charge in [0.15, 0.2) is 5.69 Å². The number of hydrogen-bond acceptors (Lipinski definition) is 5. The van der Waals surface area contributed by atoms with Crippen LogP contribution in [0.25, 0.3) is 0 Å². The number of nitrogens with two attached hydrogens (primary N) is 1. The second-order valence-electron chi connectivity index (χ2n) is 4.39. The normalized spacial score (nSPS) is 11.3. The molecule has 2 aromatic rings. The summed E-state index contributed by atoms with van der Waals surface area (Å²) < 4.78 is 38.7. The Kier molecular flexibility index (Phi) is 4.71. The van der Waals surface area contributed by atoms with E-state index >= 15 is 0 Å². The Morgan fingerprint density at radius 2 is 2.09 bits per heavy atom. The lowest BCUT2D eigenvalue weighted by Gasteiger charge is -2.13. The fraction of sp³-hybridized carbons (Fsp3) is 0.154. The van der Waals surface area contributed by atoms with Crippen LogP contribution in [0.3, 0.4) is 0 Å².